The first-order valence-corrected chi connectivity index (χ1v) is 10.9. The Hall–Kier alpha value is -4.07. The number of benzene rings is 2. The van der Waals surface area contributed by atoms with Gasteiger partial charge in [0.1, 0.15) is 5.82 Å². The largest absolute Gasteiger partial charge is 0.493 e. The Morgan fingerprint density at radius 3 is 2.45 bits per heavy atom. The van der Waals surface area contributed by atoms with Crippen LogP contribution in [0.2, 0.25) is 0 Å². The van der Waals surface area contributed by atoms with Crippen molar-refractivity contribution in [2.75, 3.05) is 35.7 Å². The Morgan fingerprint density at radius 1 is 1.03 bits per heavy atom. The van der Waals surface area contributed by atoms with Gasteiger partial charge in [-0.15, -0.1) is 0 Å². The van der Waals surface area contributed by atoms with Gasteiger partial charge in [-0.05, 0) is 57.2 Å². The minimum Gasteiger partial charge on any atom is -0.493 e. The maximum Gasteiger partial charge on any atom is 0.291 e. The van der Waals surface area contributed by atoms with Gasteiger partial charge in [-0.3, -0.25) is 4.79 Å². The predicted molar refractivity (Wildman–Crippen MR) is 131 cm³/mol. The minimum absolute atomic E-state index is 0.216. The monoisotopic (exact) mass is 445 g/mol. The molecule has 0 saturated carbocycles. The lowest BCUT2D eigenvalue weighted by Gasteiger charge is -2.20. The van der Waals surface area contributed by atoms with Gasteiger partial charge in [0.2, 0.25) is 5.95 Å². The standard InChI is InChI=1S/C25H27N5O3/c1-5-30(6-2)22-14-16(3)26-25(29-22)28-19-12-10-18(11-13-19)27-24(31)21-15-17-8-7-9-20(32-4)23(17)33-21/h7-15H,5-6H2,1-4H3,(H,27,31)(H,26,28,29). The summed E-state index contributed by atoms with van der Waals surface area (Å²) in [5, 5.41) is 6.90. The van der Waals surface area contributed by atoms with Crippen LogP contribution in [0.4, 0.5) is 23.1 Å². The number of carbonyl (C=O) groups is 1. The number of nitrogens with zero attached hydrogens (tertiary/aromatic N) is 3. The third kappa shape index (κ3) is 4.90. The fourth-order valence-electron chi connectivity index (χ4n) is 3.59. The number of rotatable bonds is 8. The van der Waals surface area contributed by atoms with Gasteiger partial charge in [-0.1, -0.05) is 12.1 Å². The maximum atomic E-state index is 12.7. The highest BCUT2D eigenvalue weighted by atomic mass is 16.5. The van der Waals surface area contributed by atoms with Gasteiger partial charge in [-0.25, -0.2) is 4.98 Å². The molecule has 0 saturated heterocycles. The average Bonchev–Trinajstić information content (AvgIpc) is 3.26. The van der Waals surface area contributed by atoms with E-state index in [-0.39, 0.29) is 11.7 Å². The number of aryl methyl sites for hydroxylation is 1. The zero-order valence-corrected chi connectivity index (χ0v) is 19.2. The lowest BCUT2D eigenvalue weighted by molar-refractivity contribution is 0.0998. The molecule has 0 aliphatic rings. The second-order valence-corrected chi connectivity index (χ2v) is 7.51. The Labute approximate surface area is 192 Å². The smallest absolute Gasteiger partial charge is 0.291 e. The number of ether oxygens (including phenoxy) is 1. The highest BCUT2D eigenvalue weighted by Gasteiger charge is 2.15. The molecule has 2 heterocycles. The van der Waals surface area contributed by atoms with E-state index in [0.717, 1.165) is 35.7 Å². The van der Waals surface area contributed by atoms with Crippen LogP contribution in [0.15, 0.2) is 59.0 Å². The van der Waals surface area contributed by atoms with Crippen LogP contribution in [-0.4, -0.2) is 36.1 Å². The van der Waals surface area contributed by atoms with Gasteiger partial charge in [0.15, 0.2) is 17.1 Å². The lowest BCUT2D eigenvalue weighted by atomic mass is 10.2. The van der Waals surface area contributed by atoms with E-state index in [9.17, 15) is 4.79 Å². The SMILES string of the molecule is CCN(CC)c1cc(C)nc(Nc2ccc(NC(=O)c3cc4cccc(OC)c4o3)cc2)n1. The Kier molecular flexibility index (Phi) is 6.44. The van der Waals surface area contributed by atoms with Gasteiger partial charge in [-0.2, -0.15) is 4.98 Å². The van der Waals surface area contributed by atoms with E-state index in [1.54, 1.807) is 19.2 Å². The molecule has 0 unspecified atom stereocenters. The van der Waals surface area contributed by atoms with Crippen LogP contribution < -0.4 is 20.3 Å². The number of furan rings is 1. The number of hydrogen-bond donors (Lipinski definition) is 2. The Morgan fingerprint density at radius 2 is 1.76 bits per heavy atom. The summed E-state index contributed by atoms with van der Waals surface area (Å²) < 4.78 is 11.0. The van der Waals surface area contributed by atoms with Crippen molar-refractivity contribution in [2.24, 2.45) is 0 Å². The third-order valence-corrected chi connectivity index (χ3v) is 5.28. The van der Waals surface area contributed by atoms with E-state index in [0.29, 0.717) is 23.0 Å². The van der Waals surface area contributed by atoms with E-state index in [4.69, 9.17) is 9.15 Å². The molecule has 2 aromatic carbocycles. The van der Waals surface area contributed by atoms with Crippen molar-refractivity contribution >= 4 is 40.0 Å². The number of amides is 1. The lowest BCUT2D eigenvalue weighted by Crippen LogP contribution is -2.23. The Balaban J connectivity index is 1.46. The molecule has 170 valence electrons. The van der Waals surface area contributed by atoms with Crippen LogP contribution >= 0.6 is 0 Å². The molecule has 0 atom stereocenters. The number of carbonyl (C=O) groups excluding carboxylic acids is 1. The summed E-state index contributed by atoms with van der Waals surface area (Å²) in [6, 6.07) is 16.5. The molecule has 0 bridgehead atoms. The van der Waals surface area contributed by atoms with Gasteiger partial charge in [0.25, 0.3) is 5.91 Å². The van der Waals surface area contributed by atoms with Crippen molar-refractivity contribution in [3.8, 4) is 5.75 Å². The molecule has 0 aliphatic heterocycles. The molecular weight excluding hydrogens is 418 g/mol. The van der Waals surface area contributed by atoms with Crippen molar-refractivity contribution in [1.29, 1.82) is 0 Å². The van der Waals surface area contributed by atoms with E-state index >= 15 is 0 Å². The zero-order valence-electron chi connectivity index (χ0n) is 19.2. The Bertz CT molecular complexity index is 1260. The third-order valence-electron chi connectivity index (χ3n) is 5.28. The first-order valence-electron chi connectivity index (χ1n) is 10.9. The summed E-state index contributed by atoms with van der Waals surface area (Å²) in [7, 11) is 1.57. The number of anilines is 4. The van der Waals surface area contributed by atoms with Crippen LogP contribution in [-0.2, 0) is 0 Å². The molecule has 4 rings (SSSR count). The van der Waals surface area contributed by atoms with E-state index in [1.165, 1.54) is 0 Å². The van der Waals surface area contributed by atoms with Crippen LogP contribution in [0.1, 0.15) is 30.1 Å². The molecule has 0 aliphatic carbocycles. The molecular formula is C25H27N5O3. The molecule has 0 radical (unpaired) electrons. The molecule has 33 heavy (non-hydrogen) atoms. The van der Waals surface area contributed by atoms with Crippen molar-refractivity contribution in [1.82, 2.24) is 9.97 Å². The zero-order chi connectivity index (χ0) is 23.4. The number of fused-ring (bicyclic) bond motifs is 1. The summed E-state index contributed by atoms with van der Waals surface area (Å²) in [5.74, 6) is 1.89. The number of hydrogen-bond acceptors (Lipinski definition) is 7. The molecule has 8 nitrogen and oxygen atoms in total. The average molecular weight is 446 g/mol. The molecule has 1 amide bonds. The highest BCUT2D eigenvalue weighted by molar-refractivity contribution is 6.05. The number of methoxy groups -OCH3 is 1. The number of aromatic nitrogens is 2. The summed E-state index contributed by atoms with van der Waals surface area (Å²) in [6.07, 6.45) is 0. The van der Waals surface area contributed by atoms with Gasteiger partial charge >= 0.3 is 0 Å². The fourth-order valence-corrected chi connectivity index (χ4v) is 3.59. The van der Waals surface area contributed by atoms with Crippen molar-refractivity contribution < 1.29 is 13.9 Å². The predicted octanol–water partition coefficient (Wildman–Crippen LogP) is 5.38. The molecule has 4 aromatic rings. The maximum absolute atomic E-state index is 12.7. The fraction of sp³-hybridized carbons (Fsp3) is 0.240. The van der Waals surface area contributed by atoms with Crippen molar-refractivity contribution in [3.63, 3.8) is 0 Å². The van der Waals surface area contributed by atoms with Crippen molar-refractivity contribution in [2.45, 2.75) is 20.8 Å². The van der Waals surface area contributed by atoms with E-state index in [2.05, 4.69) is 39.3 Å². The number of para-hydroxylation sites is 1. The first-order chi connectivity index (χ1) is 16.0. The highest BCUT2D eigenvalue weighted by Crippen LogP contribution is 2.29. The summed E-state index contributed by atoms with van der Waals surface area (Å²) in [6.45, 7) is 7.90. The molecule has 8 heteroatoms. The van der Waals surface area contributed by atoms with Gasteiger partial charge < -0.3 is 24.7 Å². The van der Waals surface area contributed by atoms with Crippen LogP contribution in [0.5, 0.6) is 5.75 Å². The van der Waals surface area contributed by atoms with E-state index < -0.39 is 0 Å². The van der Waals surface area contributed by atoms with Crippen LogP contribution in [0.3, 0.4) is 0 Å². The van der Waals surface area contributed by atoms with Gasteiger partial charge in [0, 0.05) is 41.6 Å². The first kappa shape index (κ1) is 22.1. The number of nitrogens with one attached hydrogen (secondary N) is 2. The second-order valence-electron chi connectivity index (χ2n) is 7.51. The molecule has 2 N–H and O–H groups in total. The minimum atomic E-state index is -0.333. The summed E-state index contributed by atoms with van der Waals surface area (Å²) in [4.78, 5) is 24.0. The van der Waals surface area contributed by atoms with Crippen molar-refractivity contribution in [3.05, 3.63) is 66.1 Å². The normalized spacial score (nSPS) is 10.8. The second kappa shape index (κ2) is 9.60. The molecule has 0 fully saturated rings. The topological polar surface area (TPSA) is 92.5 Å². The van der Waals surface area contributed by atoms with Gasteiger partial charge in [0.05, 0.1) is 7.11 Å². The quantitative estimate of drug-likeness (QED) is 0.376. The molecule has 0 spiro atoms. The van der Waals surface area contributed by atoms with Crippen LogP contribution in [0.25, 0.3) is 11.0 Å². The van der Waals surface area contributed by atoms with E-state index in [1.807, 2.05) is 49.4 Å². The summed E-state index contributed by atoms with van der Waals surface area (Å²) >= 11 is 0. The van der Waals surface area contributed by atoms with Crippen LogP contribution in [0, 0.1) is 6.92 Å². The summed E-state index contributed by atoms with van der Waals surface area (Å²) in [5.41, 5.74) is 2.90. The molecule has 2 aromatic heterocycles.